The molecule has 0 bridgehead atoms. The Morgan fingerprint density at radius 1 is 1.30 bits per heavy atom. The molecule has 2 nitrogen and oxygen atoms in total. The van der Waals surface area contributed by atoms with Crippen LogP contribution >= 0.6 is 11.8 Å². The van der Waals surface area contributed by atoms with E-state index in [1.807, 2.05) is 12.3 Å². The van der Waals surface area contributed by atoms with Gasteiger partial charge in [-0.15, -0.1) is 11.8 Å². The van der Waals surface area contributed by atoms with E-state index in [0.717, 1.165) is 23.5 Å². The Morgan fingerprint density at radius 2 is 2.10 bits per heavy atom. The highest BCUT2D eigenvalue weighted by atomic mass is 32.2. The first-order chi connectivity index (χ1) is 9.74. The fourth-order valence-corrected chi connectivity index (χ4v) is 3.65. The smallest absolute Gasteiger partial charge is 0.123 e. The fourth-order valence-electron chi connectivity index (χ4n) is 2.70. The second-order valence-corrected chi connectivity index (χ2v) is 6.22. The summed E-state index contributed by atoms with van der Waals surface area (Å²) in [4.78, 5) is 5.55. The highest BCUT2D eigenvalue weighted by Crippen LogP contribution is 2.34. The average Bonchev–Trinajstić information content (AvgIpc) is 2.90. The van der Waals surface area contributed by atoms with Crippen molar-refractivity contribution in [1.82, 2.24) is 4.98 Å². The van der Waals surface area contributed by atoms with Crippen molar-refractivity contribution in [3.63, 3.8) is 0 Å². The SMILES string of the molecule is NC(CSc1ccc(F)cc1)C1CCc2cccnc21. The van der Waals surface area contributed by atoms with Gasteiger partial charge in [-0.3, -0.25) is 4.98 Å². The van der Waals surface area contributed by atoms with Crippen LogP contribution in [0.2, 0.25) is 0 Å². The summed E-state index contributed by atoms with van der Waals surface area (Å²) in [7, 11) is 0. The third-order valence-electron chi connectivity index (χ3n) is 3.77. The molecule has 0 saturated heterocycles. The van der Waals surface area contributed by atoms with Crippen molar-refractivity contribution in [1.29, 1.82) is 0 Å². The van der Waals surface area contributed by atoms with E-state index in [-0.39, 0.29) is 11.9 Å². The lowest BCUT2D eigenvalue weighted by Gasteiger charge is -2.19. The summed E-state index contributed by atoms with van der Waals surface area (Å²) < 4.78 is 12.9. The summed E-state index contributed by atoms with van der Waals surface area (Å²) in [5.74, 6) is 0.971. The van der Waals surface area contributed by atoms with Gasteiger partial charge in [0.1, 0.15) is 5.82 Å². The lowest BCUT2D eigenvalue weighted by molar-refractivity contribution is 0.561. The Balaban J connectivity index is 1.63. The lowest BCUT2D eigenvalue weighted by atomic mass is 9.99. The summed E-state index contributed by atoms with van der Waals surface area (Å²) in [6.07, 6.45) is 4.00. The van der Waals surface area contributed by atoms with Crippen molar-refractivity contribution in [2.24, 2.45) is 5.73 Å². The van der Waals surface area contributed by atoms with Gasteiger partial charge in [-0.25, -0.2) is 4.39 Å². The van der Waals surface area contributed by atoms with Crippen molar-refractivity contribution < 1.29 is 4.39 Å². The van der Waals surface area contributed by atoms with Crippen molar-refractivity contribution in [3.8, 4) is 0 Å². The normalized spacial score (nSPS) is 18.8. The molecule has 3 rings (SSSR count). The molecular formula is C16H17FN2S. The fraction of sp³-hybridized carbons (Fsp3) is 0.312. The number of fused-ring (bicyclic) bond motifs is 1. The minimum Gasteiger partial charge on any atom is -0.326 e. The predicted molar refractivity (Wildman–Crippen MR) is 80.4 cm³/mol. The van der Waals surface area contributed by atoms with Gasteiger partial charge >= 0.3 is 0 Å². The maximum absolute atomic E-state index is 12.9. The first kappa shape index (κ1) is 13.6. The number of hydrogen-bond acceptors (Lipinski definition) is 3. The molecule has 0 aliphatic heterocycles. The van der Waals surface area contributed by atoms with E-state index in [1.165, 1.54) is 23.4 Å². The average molecular weight is 288 g/mol. The van der Waals surface area contributed by atoms with Gasteiger partial charge in [0.25, 0.3) is 0 Å². The van der Waals surface area contributed by atoms with Gasteiger partial charge in [-0.05, 0) is 48.7 Å². The highest BCUT2D eigenvalue weighted by Gasteiger charge is 2.28. The van der Waals surface area contributed by atoms with Crippen LogP contribution < -0.4 is 5.73 Å². The summed E-state index contributed by atoms with van der Waals surface area (Å²) in [5.41, 5.74) is 8.84. The third-order valence-corrected chi connectivity index (χ3v) is 4.93. The third kappa shape index (κ3) is 2.86. The zero-order valence-corrected chi connectivity index (χ0v) is 11.9. The molecule has 1 aromatic heterocycles. The minimum atomic E-state index is -0.201. The standard InChI is InChI=1S/C16H17FN2S/c17-12-4-6-13(7-5-12)20-10-15(18)14-8-3-11-2-1-9-19-16(11)14/h1-2,4-7,9,14-15H,3,8,10,18H2. The largest absolute Gasteiger partial charge is 0.326 e. The molecule has 2 N–H and O–H groups in total. The molecule has 0 amide bonds. The lowest BCUT2D eigenvalue weighted by Crippen LogP contribution is -2.30. The van der Waals surface area contributed by atoms with Crippen LogP contribution in [0.4, 0.5) is 4.39 Å². The van der Waals surface area contributed by atoms with Crippen LogP contribution in [0.15, 0.2) is 47.5 Å². The molecule has 0 saturated carbocycles. The summed E-state index contributed by atoms with van der Waals surface area (Å²) in [5, 5.41) is 0. The van der Waals surface area contributed by atoms with Crippen LogP contribution in [0.1, 0.15) is 23.6 Å². The van der Waals surface area contributed by atoms with E-state index in [2.05, 4.69) is 11.1 Å². The Labute approximate surface area is 122 Å². The molecule has 1 aliphatic carbocycles. The summed E-state index contributed by atoms with van der Waals surface area (Å²) in [6.45, 7) is 0. The van der Waals surface area contributed by atoms with Crippen molar-refractivity contribution in [2.75, 3.05) is 5.75 Å². The number of rotatable bonds is 4. The zero-order chi connectivity index (χ0) is 13.9. The number of nitrogens with zero attached hydrogens (tertiary/aromatic N) is 1. The number of aryl methyl sites for hydroxylation is 1. The number of hydrogen-bond donors (Lipinski definition) is 1. The van der Waals surface area contributed by atoms with E-state index in [0.29, 0.717) is 5.92 Å². The molecule has 20 heavy (non-hydrogen) atoms. The van der Waals surface area contributed by atoms with E-state index in [4.69, 9.17) is 5.73 Å². The van der Waals surface area contributed by atoms with Crippen molar-refractivity contribution >= 4 is 11.8 Å². The maximum Gasteiger partial charge on any atom is 0.123 e. The highest BCUT2D eigenvalue weighted by molar-refractivity contribution is 7.99. The van der Waals surface area contributed by atoms with Gasteiger partial charge in [0, 0.05) is 34.5 Å². The molecular weight excluding hydrogens is 271 g/mol. The number of aromatic nitrogens is 1. The number of benzene rings is 1. The van der Waals surface area contributed by atoms with Gasteiger partial charge in [-0.2, -0.15) is 0 Å². The molecule has 2 atom stereocenters. The van der Waals surface area contributed by atoms with E-state index in [9.17, 15) is 4.39 Å². The molecule has 1 heterocycles. The van der Waals surface area contributed by atoms with Crippen LogP contribution in [0.3, 0.4) is 0 Å². The van der Waals surface area contributed by atoms with Crippen LogP contribution in [-0.4, -0.2) is 16.8 Å². The second-order valence-electron chi connectivity index (χ2n) is 5.12. The first-order valence-corrected chi connectivity index (χ1v) is 7.80. The van der Waals surface area contributed by atoms with E-state index < -0.39 is 0 Å². The number of nitrogens with two attached hydrogens (primary N) is 1. The molecule has 1 aliphatic rings. The van der Waals surface area contributed by atoms with Crippen LogP contribution in [0.5, 0.6) is 0 Å². The molecule has 2 unspecified atom stereocenters. The monoisotopic (exact) mass is 288 g/mol. The number of thioether (sulfide) groups is 1. The van der Waals surface area contributed by atoms with Gasteiger partial charge in [-0.1, -0.05) is 6.07 Å². The van der Waals surface area contributed by atoms with Crippen LogP contribution in [0, 0.1) is 5.82 Å². The number of pyridine rings is 1. The van der Waals surface area contributed by atoms with Crippen molar-refractivity contribution in [3.05, 3.63) is 59.7 Å². The van der Waals surface area contributed by atoms with Gasteiger partial charge in [0.2, 0.25) is 0 Å². The summed E-state index contributed by atoms with van der Waals surface area (Å²) in [6, 6.07) is 10.8. The summed E-state index contributed by atoms with van der Waals surface area (Å²) >= 11 is 1.68. The first-order valence-electron chi connectivity index (χ1n) is 6.82. The van der Waals surface area contributed by atoms with Gasteiger partial charge in [0.05, 0.1) is 0 Å². The molecule has 0 spiro atoms. The molecule has 104 valence electrons. The Kier molecular flexibility index (Phi) is 4.03. The minimum absolute atomic E-state index is 0.0844. The quantitative estimate of drug-likeness (QED) is 0.877. The zero-order valence-electron chi connectivity index (χ0n) is 11.1. The maximum atomic E-state index is 12.9. The topological polar surface area (TPSA) is 38.9 Å². The Hall–Kier alpha value is -1.39. The van der Waals surface area contributed by atoms with E-state index in [1.54, 1.807) is 23.9 Å². The van der Waals surface area contributed by atoms with Crippen molar-refractivity contribution in [2.45, 2.75) is 29.7 Å². The molecule has 2 aromatic rings. The predicted octanol–water partition coefficient (Wildman–Crippen LogP) is 3.37. The van der Waals surface area contributed by atoms with Gasteiger partial charge < -0.3 is 5.73 Å². The van der Waals surface area contributed by atoms with E-state index >= 15 is 0 Å². The van der Waals surface area contributed by atoms with Crippen LogP contribution in [0.25, 0.3) is 0 Å². The molecule has 0 radical (unpaired) electrons. The van der Waals surface area contributed by atoms with Crippen LogP contribution in [-0.2, 0) is 6.42 Å². The molecule has 4 heteroatoms. The Morgan fingerprint density at radius 3 is 2.90 bits per heavy atom. The second kappa shape index (κ2) is 5.94. The molecule has 1 aromatic carbocycles. The van der Waals surface area contributed by atoms with Gasteiger partial charge in [0.15, 0.2) is 0 Å². The number of halogens is 1. The molecule has 0 fully saturated rings. The Bertz CT molecular complexity index is 585.